The van der Waals surface area contributed by atoms with Crippen LogP contribution in [-0.2, 0) is 19.0 Å². The average molecular weight is 310 g/mol. The fourth-order valence-electron chi connectivity index (χ4n) is 3.52. The Bertz CT molecular complexity index is 308. The zero-order valence-corrected chi connectivity index (χ0v) is 13.6. The normalized spacial score (nSPS) is 19.9. The zero-order valence-electron chi connectivity index (χ0n) is 13.6. The minimum atomic E-state index is -0.881. The second kappa shape index (κ2) is 10.0. The van der Waals surface area contributed by atoms with Gasteiger partial charge in [0.1, 0.15) is 0 Å². The van der Waals surface area contributed by atoms with E-state index in [1.54, 1.807) is 0 Å². The maximum absolute atomic E-state index is 11.4. The molecule has 2 saturated carbocycles. The van der Waals surface area contributed by atoms with Gasteiger partial charge in [-0.1, -0.05) is 57.9 Å². The monoisotopic (exact) mass is 310 g/mol. The second-order valence-electron chi connectivity index (χ2n) is 6.55. The SMILES string of the molecule is C=CC(=O)OC(OCCC1CCCC1)OCCC1CCCC1. The Balaban J connectivity index is 1.64. The van der Waals surface area contributed by atoms with E-state index in [-0.39, 0.29) is 0 Å². The van der Waals surface area contributed by atoms with Crippen LogP contribution in [-0.4, -0.2) is 25.7 Å². The van der Waals surface area contributed by atoms with E-state index in [0.717, 1.165) is 30.8 Å². The molecule has 126 valence electrons. The van der Waals surface area contributed by atoms with Gasteiger partial charge in [0.05, 0.1) is 13.2 Å². The van der Waals surface area contributed by atoms with Crippen LogP contribution in [0.4, 0.5) is 0 Å². The highest BCUT2D eigenvalue weighted by atomic mass is 16.9. The van der Waals surface area contributed by atoms with Gasteiger partial charge in [0.25, 0.3) is 0 Å². The molecule has 0 aromatic carbocycles. The highest BCUT2D eigenvalue weighted by Crippen LogP contribution is 2.28. The summed E-state index contributed by atoms with van der Waals surface area (Å²) >= 11 is 0. The van der Waals surface area contributed by atoms with Crippen molar-refractivity contribution in [3.05, 3.63) is 12.7 Å². The van der Waals surface area contributed by atoms with E-state index in [2.05, 4.69) is 6.58 Å². The number of hydrogen-bond donors (Lipinski definition) is 0. The third kappa shape index (κ3) is 6.49. The molecule has 0 N–H and O–H groups in total. The van der Waals surface area contributed by atoms with E-state index in [0.29, 0.717) is 13.2 Å². The minimum absolute atomic E-state index is 0.494. The van der Waals surface area contributed by atoms with Crippen molar-refractivity contribution in [1.29, 1.82) is 0 Å². The van der Waals surface area contributed by atoms with Crippen molar-refractivity contribution in [3.8, 4) is 0 Å². The standard InChI is InChI=1S/C18H30O4/c1-2-17(19)22-18(20-13-11-15-7-3-4-8-15)21-14-12-16-9-5-6-10-16/h2,15-16,18H,1,3-14H2. The van der Waals surface area contributed by atoms with Crippen LogP contribution in [0.2, 0.25) is 0 Å². The first kappa shape index (κ1) is 17.5. The van der Waals surface area contributed by atoms with Crippen LogP contribution in [0.15, 0.2) is 12.7 Å². The Morgan fingerprint density at radius 1 is 0.955 bits per heavy atom. The van der Waals surface area contributed by atoms with Crippen LogP contribution in [0.25, 0.3) is 0 Å². The number of esters is 1. The molecule has 0 aromatic rings. The Morgan fingerprint density at radius 2 is 1.41 bits per heavy atom. The molecule has 2 rings (SSSR count). The lowest BCUT2D eigenvalue weighted by Gasteiger charge is -2.19. The van der Waals surface area contributed by atoms with E-state index in [4.69, 9.17) is 14.2 Å². The third-order valence-corrected chi connectivity index (χ3v) is 4.89. The van der Waals surface area contributed by atoms with Gasteiger partial charge in [-0.2, -0.15) is 0 Å². The highest BCUT2D eigenvalue weighted by Gasteiger charge is 2.19. The molecule has 0 heterocycles. The lowest BCUT2D eigenvalue weighted by molar-refractivity contribution is -0.274. The number of ether oxygens (including phenoxy) is 3. The summed E-state index contributed by atoms with van der Waals surface area (Å²) < 4.78 is 16.4. The third-order valence-electron chi connectivity index (χ3n) is 4.89. The molecule has 0 bridgehead atoms. The molecule has 4 nitrogen and oxygen atoms in total. The molecule has 0 spiro atoms. The predicted octanol–water partition coefficient (Wildman–Crippen LogP) is 4.19. The van der Waals surface area contributed by atoms with Crippen molar-refractivity contribution < 1.29 is 19.0 Å². The number of rotatable bonds is 10. The van der Waals surface area contributed by atoms with Crippen LogP contribution in [0.3, 0.4) is 0 Å². The highest BCUT2D eigenvalue weighted by molar-refractivity contribution is 5.81. The van der Waals surface area contributed by atoms with Crippen molar-refractivity contribution in [2.45, 2.75) is 70.7 Å². The lowest BCUT2D eigenvalue weighted by atomic mass is 10.1. The van der Waals surface area contributed by atoms with Gasteiger partial charge in [0, 0.05) is 6.08 Å². The molecule has 4 heteroatoms. The molecule has 2 aliphatic carbocycles. The van der Waals surface area contributed by atoms with E-state index in [1.807, 2.05) is 0 Å². The van der Waals surface area contributed by atoms with E-state index in [1.165, 1.54) is 51.4 Å². The molecule has 0 saturated heterocycles. The fourth-order valence-corrected chi connectivity index (χ4v) is 3.52. The van der Waals surface area contributed by atoms with Gasteiger partial charge in [-0.3, -0.25) is 0 Å². The summed E-state index contributed by atoms with van der Waals surface area (Å²) in [7, 11) is 0. The fraction of sp³-hybridized carbons (Fsp3) is 0.833. The first-order valence-electron chi connectivity index (χ1n) is 8.84. The first-order chi connectivity index (χ1) is 10.8. The molecule has 0 aliphatic heterocycles. The van der Waals surface area contributed by atoms with Gasteiger partial charge in [-0.05, 0) is 24.7 Å². The van der Waals surface area contributed by atoms with Crippen molar-refractivity contribution in [3.63, 3.8) is 0 Å². The zero-order chi connectivity index (χ0) is 15.6. The van der Waals surface area contributed by atoms with E-state index >= 15 is 0 Å². The van der Waals surface area contributed by atoms with E-state index < -0.39 is 12.4 Å². The molecular formula is C18H30O4. The van der Waals surface area contributed by atoms with Crippen molar-refractivity contribution in [2.75, 3.05) is 13.2 Å². The molecule has 22 heavy (non-hydrogen) atoms. The Hall–Kier alpha value is -0.870. The summed E-state index contributed by atoms with van der Waals surface area (Å²) in [5.41, 5.74) is 0. The van der Waals surface area contributed by atoms with Gasteiger partial charge >= 0.3 is 12.4 Å². The summed E-state index contributed by atoms with van der Waals surface area (Å²) in [6.45, 7) is 3.71. The Morgan fingerprint density at radius 3 is 1.82 bits per heavy atom. The quantitative estimate of drug-likeness (QED) is 0.345. The van der Waals surface area contributed by atoms with Crippen molar-refractivity contribution >= 4 is 5.97 Å². The van der Waals surface area contributed by atoms with Crippen molar-refractivity contribution in [2.24, 2.45) is 11.8 Å². The summed E-state index contributed by atoms with van der Waals surface area (Å²) in [6, 6.07) is 0. The largest absolute Gasteiger partial charge is 0.407 e. The van der Waals surface area contributed by atoms with Crippen LogP contribution in [0.5, 0.6) is 0 Å². The predicted molar refractivity (Wildman–Crippen MR) is 85.1 cm³/mol. The van der Waals surface area contributed by atoms with Gasteiger partial charge in [-0.15, -0.1) is 0 Å². The van der Waals surface area contributed by atoms with Crippen LogP contribution < -0.4 is 0 Å². The minimum Gasteiger partial charge on any atom is -0.407 e. The van der Waals surface area contributed by atoms with Crippen LogP contribution in [0, 0.1) is 11.8 Å². The average Bonchev–Trinajstić information content (AvgIpc) is 3.20. The maximum atomic E-state index is 11.4. The Kier molecular flexibility index (Phi) is 7.95. The van der Waals surface area contributed by atoms with Crippen LogP contribution >= 0.6 is 0 Å². The topological polar surface area (TPSA) is 44.8 Å². The second-order valence-corrected chi connectivity index (χ2v) is 6.55. The summed E-state index contributed by atoms with van der Waals surface area (Å²) in [4.78, 5) is 11.4. The van der Waals surface area contributed by atoms with Crippen LogP contribution in [0.1, 0.15) is 64.2 Å². The maximum Gasteiger partial charge on any atom is 0.334 e. The van der Waals surface area contributed by atoms with Gasteiger partial charge in [0.2, 0.25) is 0 Å². The number of carbonyl (C=O) groups excluding carboxylic acids is 1. The summed E-state index contributed by atoms with van der Waals surface area (Å²) in [6.07, 6.45) is 13.7. The molecule has 0 aromatic heterocycles. The molecule has 0 radical (unpaired) electrons. The smallest absolute Gasteiger partial charge is 0.334 e. The molecular weight excluding hydrogens is 280 g/mol. The van der Waals surface area contributed by atoms with Crippen molar-refractivity contribution in [1.82, 2.24) is 0 Å². The lowest BCUT2D eigenvalue weighted by Crippen LogP contribution is -2.25. The Labute approximate surface area is 134 Å². The summed E-state index contributed by atoms with van der Waals surface area (Å²) in [5, 5.41) is 0. The summed E-state index contributed by atoms with van der Waals surface area (Å²) in [5.74, 6) is 1.02. The number of carbonyl (C=O) groups is 1. The molecule has 2 aliphatic rings. The number of hydrogen-bond acceptors (Lipinski definition) is 4. The van der Waals surface area contributed by atoms with Gasteiger partial charge in [0.15, 0.2) is 0 Å². The molecule has 0 unspecified atom stereocenters. The molecule has 2 fully saturated rings. The van der Waals surface area contributed by atoms with Gasteiger partial charge in [-0.25, -0.2) is 4.79 Å². The molecule has 0 atom stereocenters. The van der Waals surface area contributed by atoms with E-state index in [9.17, 15) is 4.79 Å². The van der Waals surface area contributed by atoms with Gasteiger partial charge < -0.3 is 14.2 Å². The molecule has 0 amide bonds. The first-order valence-corrected chi connectivity index (χ1v) is 8.84.